The quantitative estimate of drug-likeness (QED) is 0.726. The van der Waals surface area contributed by atoms with Crippen LogP contribution in [0.2, 0.25) is 0 Å². The monoisotopic (exact) mass is 445 g/mol. The molecule has 1 amide bonds. The Hall–Kier alpha value is -2.45. The number of hydrogen-bond donors (Lipinski definition) is 0. The number of anilines is 1. The normalized spacial score (nSPS) is 18.9. The molecule has 0 aromatic heterocycles. The topological polar surface area (TPSA) is 60.9 Å². The molecular formula is C23H28FN3O3S. The van der Waals surface area contributed by atoms with E-state index >= 15 is 0 Å². The van der Waals surface area contributed by atoms with Crippen LogP contribution in [-0.2, 0) is 14.8 Å². The third kappa shape index (κ3) is 4.75. The number of sulfonamides is 1. The van der Waals surface area contributed by atoms with E-state index in [1.807, 2.05) is 11.8 Å². The maximum absolute atomic E-state index is 13.1. The number of piperazine rings is 1. The lowest BCUT2D eigenvalue weighted by atomic mass is 9.96. The summed E-state index contributed by atoms with van der Waals surface area (Å²) in [6.45, 7) is 5.31. The summed E-state index contributed by atoms with van der Waals surface area (Å²) in [6.07, 6.45) is 1.09. The van der Waals surface area contributed by atoms with Crippen molar-refractivity contribution in [2.45, 2.75) is 24.7 Å². The van der Waals surface area contributed by atoms with Gasteiger partial charge in [0, 0.05) is 50.9 Å². The minimum absolute atomic E-state index is 0.117. The van der Waals surface area contributed by atoms with E-state index in [0.717, 1.165) is 11.3 Å². The number of amides is 1. The van der Waals surface area contributed by atoms with Crippen molar-refractivity contribution in [2.24, 2.45) is 5.92 Å². The summed E-state index contributed by atoms with van der Waals surface area (Å²) >= 11 is 0. The highest BCUT2D eigenvalue weighted by atomic mass is 32.2. The van der Waals surface area contributed by atoms with Crippen molar-refractivity contribution in [3.8, 4) is 0 Å². The van der Waals surface area contributed by atoms with Crippen molar-refractivity contribution >= 4 is 21.6 Å². The zero-order chi connectivity index (χ0) is 22.0. The van der Waals surface area contributed by atoms with Crippen LogP contribution in [0.3, 0.4) is 0 Å². The number of benzene rings is 2. The van der Waals surface area contributed by atoms with Gasteiger partial charge in [-0.3, -0.25) is 4.79 Å². The van der Waals surface area contributed by atoms with Gasteiger partial charge in [-0.15, -0.1) is 0 Å². The summed E-state index contributed by atoms with van der Waals surface area (Å²) in [5, 5.41) is 0. The van der Waals surface area contributed by atoms with Gasteiger partial charge in [0.1, 0.15) is 5.82 Å². The third-order valence-electron chi connectivity index (χ3n) is 6.25. The molecule has 0 saturated carbocycles. The van der Waals surface area contributed by atoms with Crippen LogP contribution in [0.1, 0.15) is 18.4 Å². The number of nitrogens with zero attached hydrogens (tertiary/aromatic N) is 3. The summed E-state index contributed by atoms with van der Waals surface area (Å²) in [4.78, 5) is 17.3. The first-order valence-electron chi connectivity index (χ1n) is 10.7. The van der Waals surface area contributed by atoms with Crippen LogP contribution in [0, 0.1) is 18.7 Å². The van der Waals surface area contributed by atoms with Gasteiger partial charge in [-0.25, -0.2) is 12.8 Å². The zero-order valence-corrected chi connectivity index (χ0v) is 18.5. The second kappa shape index (κ2) is 8.96. The molecule has 166 valence electrons. The fourth-order valence-electron chi connectivity index (χ4n) is 4.30. The first-order valence-corrected chi connectivity index (χ1v) is 12.1. The van der Waals surface area contributed by atoms with Crippen molar-refractivity contribution in [1.82, 2.24) is 9.21 Å². The largest absolute Gasteiger partial charge is 0.368 e. The summed E-state index contributed by atoms with van der Waals surface area (Å²) in [5.41, 5.74) is 1.98. The van der Waals surface area contributed by atoms with E-state index in [1.54, 1.807) is 36.4 Å². The lowest BCUT2D eigenvalue weighted by Gasteiger charge is -2.39. The molecule has 2 aliphatic rings. The van der Waals surface area contributed by atoms with Gasteiger partial charge in [0.05, 0.1) is 4.90 Å². The minimum Gasteiger partial charge on any atom is -0.368 e. The van der Waals surface area contributed by atoms with Gasteiger partial charge < -0.3 is 9.80 Å². The summed E-state index contributed by atoms with van der Waals surface area (Å²) in [6, 6.07) is 13.3. The van der Waals surface area contributed by atoms with Crippen molar-refractivity contribution in [3.05, 3.63) is 59.9 Å². The van der Waals surface area contributed by atoms with E-state index in [2.05, 4.69) is 4.90 Å². The number of halogens is 1. The summed E-state index contributed by atoms with van der Waals surface area (Å²) < 4.78 is 40.4. The Labute approximate surface area is 183 Å². The van der Waals surface area contributed by atoms with Crippen molar-refractivity contribution in [3.63, 3.8) is 0 Å². The lowest BCUT2D eigenvalue weighted by Crippen LogP contribution is -2.52. The van der Waals surface area contributed by atoms with Crippen molar-refractivity contribution in [2.75, 3.05) is 44.2 Å². The molecule has 4 rings (SSSR count). The van der Waals surface area contributed by atoms with Gasteiger partial charge in [-0.1, -0.05) is 17.7 Å². The molecule has 0 spiro atoms. The molecule has 2 aliphatic heterocycles. The van der Waals surface area contributed by atoms with Gasteiger partial charge in [-0.05, 0) is 56.2 Å². The Bertz CT molecular complexity index is 1010. The number of piperidine rings is 1. The van der Waals surface area contributed by atoms with Gasteiger partial charge >= 0.3 is 0 Å². The van der Waals surface area contributed by atoms with E-state index in [9.17, 15) is 17.6 Å². The molecule has 0 radical (unpaired) electrons. The standard InChI is InChI=1S/C23H28FN3O3S/c1-18-2-8-22(9-3-18)31(29,30)27-12-10-19(11-13-27)23(28)26-16-14-25(15-17-26)21-6-4-20(24)5-7-21/h2-9,19H,10-17H2,1H3. The fraction of sp³-hybridized carbons (Fsp3) is 0.435. The molecule has 2 aromatic carbocycles. The average Bonchev–Trinajstić information content (AvgIpc) is 2.80. The zero-order valence-electron chi connectivity index (χ0n) is 17.7. The van der Waals surface area contributed by atoms with Crippen LogP contribution in [0.5, 0.6) is 0 Å². The van der Waals surface area contributed by atoms with E-state index in [0.29, 0.717) is 57.0 Å². The second-order valence-electron chi connectivity index (χ2n) is 8.28. The van der Waals surface area contributed by atoms with Crippen molar-refractivity contribution < 1.29 is 17.6 Å². The molecule has 8 heteroatoms. The second-order valence-corrected chi connectivity index (χ2v) is 10.2. The number of aryl methyl sites for hydroxylation is 1. The highest BCUT2D eigenvalue weighted by molar-refractivity contribution is 7.89. The van der Waals surface area contributed by atoms with Crippen LogP contribution >= 0.6 is 0 Å². The Kier molecular flexibility index (Phi) is 6.29. The molecule has 2 heterocycles. The Morgan fingerprint density at radius 2 is 1.45 bits per heavy atom. The highest BCUT2D eigenvalue weighted by Gasteiger charge is 2.34. The molecule has 0 atom stereocenters. The number of hydrogen-bond acceptors (Lipinski definition) is 4. The molecule has 0 aliphatic carbocycles. The molecule has 6 nitrogen and oxygen atoms in total. The smallest absolute Gasteiger partial charge is 0.243 e. The number of rotatable bonds is 4. The molecule has 2 fully saturated rings. The predicted molar refractivity (Wildman–Crippen MR) is 118 cm³/mol. The van der Waals surface area contributed by atoms with Crippen LogP contribution in [0.15, 0.2) is 53.4 Å². The summed E-state index contributed by atoms with van der Waals surface area (Å²) in [5.74, 6) is -0.277. The van der Waals surface area contributed by atoms with Crippen LogP contribution in [0.25, 0.3) is 0 Å². The van der Waals surface area contributed by atoms with Gasteiger partial charge in [0.25, 0.3) is 0 Å². The van der Waals surface area contributed by atoms with E-state index in [-0.39, 0.29) is 17.6 Å². The third-order valence-corrected chi connectivity index (χ3v) is 8.16. The first-order chi connectivity index (χ1) is 14.8. The average molecular weight is 446 g/mol. The molecule has 2 aromatic rings. The predicted octanol–water partition coefficient (Wildman–Crippen LogP) is 2.88. The maximum atomic E-state index is 13.1. The van der Waals surface area contributed by atoms with E-state index < -0.39 is 10.0 Å². The first kappa shape index (κ1) is 21.8. The number of carbonyl (C=O) groups excluding carboxylic acids is 1. The Morgan fingerprint density at radius 1 is 0.871 bits per heavy atom. The molecule has 0 unspecified atom stereocenters. The minimum atomic E-state index is -3.52. The lowest BCUT2D eigenvalue weighted by molar-refractivity contribution is -0.137. The van der Waals surface area contributed by atoms with Crippen molar-refractivity contribution in [1.29, 1.82) is 0 Å². The fourth-order valence-corrected chi connectivity index (χ4v) is 5.77. The highest BCUT2D eigenvalue weighted by Crippen LogP contribution is 2.26. The van der Waals surface area contributed by atoms with Gasteiger partial charge in [0.15, 0.2) is 0 Å². The molecule has 0 N–H and O–H groups in total. The van der Waals surface area contributed by atoms with E-state index in [1.165, 1.54) is 16.4 Å². The molecule has 2 saturated heterocycles. The van der Waals surface area contributed by atoms with Crippen LogP contribution in [-0.4, -0.2) is 62.8 Å². The van der Waals surface area contributed by atoms with Gasteiger partial charge in [-0.2, -0.15) is 4.31 Å². The summed E-state index contributed by atoms with van der Waals surface area (Å²) in [7, 11) is -3.52. The molecule has 31 heavy (non-hydrogen) atoms. The van der Waals surface area contributed by atoms with Gasteiger partial charge in [0.2, 0.25) is 15.9 Å². The Morgan fingerprint density at radius 3 is 2.03 bits per heavy atom. The van der Waals surface area contributed by atoms with Crippen LogP contribution < -0.4 is 4.90 Å². The maximum Gasteiger partial charge on any atom is 0.243 e. The van der Waals surface area contributed by atoms with Crippen LogP contribution in [0.4, 0.5) is 10.1 Å². The molecule has 0 bridgehead atoms. The SMILES string of the molecule is Cc1ccc(S(=O)(=O)N2CCC(C(=O)N3CCN(c4ccc(F)cc4)CC3)CC2)cc1. The molecular weight excluding hydrogens is 417 g/mol. The van der Waals surface area contributed by atoms with E-state index in [4.69, 9.17) is 0 Å². The number of carbonyl (C=O) groups is 1. The Balaban J connectivity index is 1.30.